The second-order valence-corrected chi connectivity index (χ2v) is 5.58. The Kier molecular flexibility index (Phi) is 6.22. The zero-order valence-corrected chi connectivity index (χ0v) is 13.5. The van der Waals surface area contributed by atoms with E-state index in [9.17, 15) is 4.79 Å². The fourth-order valence-electron chi connectivity index (χ4n) is 0.991. The third kappa shape index (κ3) is 4.81. The lowest BCUT2D eigenvalue weighted by Crippen LogP contribution is -2.15. The molecule has 0 aliphatic heterocycles. The molecule has 1 aromatic rings. The quantitative estimate of drug-likeness (QED) is 0.523. The van der Waals surface area contributed by atoms with Gasteiger partial charge in [0.15, 0.2) is 6.61 Å². The molecule has 0 bridgehead atoms. The van der Waals surface area contributed by atoms with Gasteiger partial charge in [-0.3, -0.25) is 0 Å². The predicted octanol–water partition coefficient (Wildman–Crippen LogP) is 4.08. The lowest BCUT2D eigenvalue weighted by Gasteiger charge is -2.10. The topological polar surface area (TPSA) is 35.5 Å². The first-order valence-corrected chi connectivity index (χ1v) is 6.96. The highest BCUT2D eigenvalue weighted by atomic mass is 79.9. The SMILES string of the molecule is C=CCOC(=O)COc1c(Br)cc(Br)cc1Br. The molecule has 0 saturated heterocycles. The minimum Gasteiger partial charge on any atom is -0.480 e. The Bertz CT molecular complexity index is 409. The fourth-order valence-corrected chi connectivity index (χ4v) is 3.48. The van der Waals surface area contributed by atoms with Gasteiger partial charge in [-0.2, -0.15) is 0 Å². The Labute approximate surface area is 125 Å². The molecule has 0 spiro atoms. The van der Waals surface area contributed by atoms with Crippen molar-refractivity contribution in [2.24, 2.45) is 0 Å². The number of ether oxygens (including phenoxy) is 2. The Morgan fingerprint density at radius 2 is 1.88 bits per heavy atom. The molecule has 92 valence electrons. The summed E-state index contributed by atoms with van der Waals surface area (Å²) in [5, 5.41) is 0. The smallest absolute Gasteiger partial charge is 0.344 e. The van der Waals surface area contributed by atoms with Gasteiger partial charge in [-0.05, 0) is 44.0 Å². The monoisotopic (exact) mass is 426 g/mol. The van der Waals surface area contributed by atoms with Crippen LogP contribution in [0.25, 0.3) is 0 Å². The van der Waals surface area contributed by atoms with E-state index in [-0.39, 0.29) is 13.2 Å². The second kappa shape index (κ2) is 7.18. The molecule has 0 radical (unpaired) electrons. The number of carbonyl (C=O) groups is 1. The zero-order valence-electron chi connectivity index (χ0n) is 8.71. The molecule has 17 heavy (non-hydrogen) atoms. The van der Waals surface area contributed by atoms with Crippen LogP contribution < -0.4 is 4.74 Å². The summed E-state index contributed by atoms with van der Waals surface area (Å²) in [5.74, 6) is 0.121. The molecule has 0 aliphatic rings. The van der Waals surface area contributed by atoms with Crippen LogP contribution in [0, 0.1) is 0 Å². The van der Waals surface area contributed by atoms with E-state index in [0.717, 1.165) is 13.4 Å². The van der Waals surface area contributed by atoms with Crippen LogP contribution >= 0.6 is 47.8 Å². The highest BCUT2D eigenvalue weighted by Gasteiger charge is 2.10. The predicted molar refractivity (Wildman–Crippen MR) is 76.2 cm³/mol. The van der Waals surface area contributed by atoms with Gasteiger partial charge in [-0.15, -0.1) is 0 Å². The molecule has 0 fully saturated rings. The highest BCUT2D eigenvalue weighted by molar-refractivity contribution is 9.11. The maximum atomic E-state index is 11.2. The average Bonchev–Trinajstić information content (AvgIpc) is 2.24. The van der Waals surface area contributed by atoms with Crippen LogP contribution in [0.1, 0.15) is 0 Å². The molecule has 0 aromatic heterocycles. The molecule has 0 unspecified atom stereocenters. The molecule has 6 heteroatoms. The Hall–Kier alpha value is -0.330. The van der Waals surface area contributed by atoms with Crippen molar-refractivity contribution in [3.05, 3.63) is 38.2 Å². The van der Waals surface area contributed by atoms with Crippen LogP contribution in [0.3, 0.4) is 0 Å². The van der Waals surface area contributed by atoms with Crippen LogP contribution in [0.2, 0.25) is 0 Å². The summed E-state index contributed by atoms with van der Waals surface area (Å²) < 4.78 is 12.5. The van der Waals surface area contributed by atoms with E-state index in [1.54, 1.807) is 0 Å². The summed E-state index contributed by atoms with van der Waals surface area (Å²) in [6.45, 7) is 3.49. The lowest BCUT2D eigenvalue weighted by molar-refractivity contribution is -0.144. The van der Waals surface area contributed by atoms with Crippen LogP contribution in [0.15, 0.2) is 38.2 Å². The van der Waals surface area contributed by atoms with E-state index < -0.39 is 5.97 Å². The standard InChI is InChI=1S/C11H9Br3O3/c1-2-3-16-10(15)6-17-11-8(13)4-7(12)5-9(11)14/h2,4-5H,1,3,6H2. The van der Waals surface area contributed by atoms with Gasteiger partial charge in [-0.25, -0.2) is 4.79 Å². The maximum absolute atomic E-state index is 11.2. The van der Waals surface area contributed by atoms with Gasteiger partial charge >= 0.3 is 5.97 Å². The number of halogens is 3. The summed E-state index contributed by atoms with van der Waals surface area (Å²) in [6.07, 6.45) is 1.50. The van der Waals surface area contributed by atoms with E-state index in [2.05, 4.69) is 54.4 Å². The van der Waals surface area contributed by atoms with Gasteiger partial charge in [0.2, 0.25) is 0 Å². The van der Waals surface area contributed by atoms with Crippen LogP contribution in [-0.4, -0.2) is 19.2 Å². The van der Waals surface area contributed by atoms with Crippen molar-refractivity contribution in [3.63, 3.8) is 0 Å². The molecule has 3 nitrogen and oxygen atoms in total. The minimum atomic E-state index is -0.438. The first-order chi connectivity index (χ1) is 8.04. The van der Waals surface area contributed by atoms with Crippen molar-refractivity contribution in [2.45, 2.75) is 0 Å². The van der Waals surface area contributed by atoms with E-state index >= 15 is 0 Å². The van der Waals surface area contributed by atoms with Crippen molar-refractivity contribution < 1.29 is 14.3 Å². The van der Waals surface area contributed by atoms with Crippen LogP contribution in [-0.2, 0) is 9.53 Å². The maximum Gasteiger partial charge on any atom is 0.344 e. The van der Waals surface area contributed by atoms with Gasteiger partial charge in [0.05, 0.1) is 8.95 Å². The number of esters is 1. The molecule has 0 N–H and O–H groups in total. The number of rotatable bonds is 5. The number of hydrogen-bond donors (Lipinski definition) is 0. The van der Waals surface area contributed by atoms with E-state index in [0.29, 0.717) is 5.75 Å². The average molecular weight is 429 g/mol. The van der Waals surface area contributed by atoms with Gasteiger partial charge in [0.1, 0.15) is 12.4 Å². The van der Waals surface area contributed by atoms with Crippen LogP contribution in [0.4, 0.5) is 0 Å². The second-order valence-electron chi connectivity index (χ2n) is 2.96. The zero-order chi connectivity index (χ0) is 12.8. The molecule has 1 rings (SSSR count). The van der Waals surface area contributed by atoms with Crippen molar-refractivity contribution in [2.75, 3.05) is 13.2 Å². The Morgan fingerprint density at radius 1 is 1.29 bits per heavy atom. The van der Waals surface area contributed by atoms with Crippen molar-refractivity contribution in [1.82, 2.24) is 0 Å². The van der Waals surface area contributed by atoms with Gasteiger partial charge in [0, 0.05) is 4.47 Å². The van der Waals surface area contributed by atoms with Crippen molar-refractivity contribution >= 4 is 53.8 Å². The number of benzene rings is 1. The molecule has 0 heterocycles. The van der Waals surface area contributed by atoms with E-state index in [1.807, 2.05) is 12.1 Å². The van der Waals surface area contributed by atoms with Crippen molar-refractivity contribution in [3.8, 4) is 5.75 Å². The summed E-state index contributed by atoms with van der Waals surface area (Å²) in [4.78, 5) is 11.2. The lowest BCUT2D eigenvalue weighted by atomic mass is 10.3. The minimum absolute atomic E-state index is 0.146. The molecule has 0 saturated carbocycles. The summed E-state index contributed by atoms with van der Waals surface area (Å²) in [6, 6.07) is 3.66. The van der Waals surface area contributed by atoms with E-state index in [4.69, 9.17) is 9.47 Å². The first-order valence-electron chi connectivity index (χ1n) is 4.58. The molecular weight excluding hydrogens is 420 g/mol. The third-order valence-electron chi connectivity index (χ3n) is 1.66. The summed E-state index contributed by atoms with van der Waals surface area (Å²) in [7, 11) is 0. The van der Waals surface area contributed by atoms with E-state index in [1.165, 1.54) is 6.08 Å². The number of hydrogen-bond acceptors (Lipinski definition) is 3. The van der Waals surface area contributed by atoms with Gasteiger partial charge in [0.25, 0.3) is 0 Å². The first kappa shape index (κ1) is 14.7. The Balaban J connectivity index is 2.63. The molecule has 0 atom stereocenters. The molecule has 1 aromatic carbocycles. The normalized spacial score (nSPS) is 9.82. The van der Waals surface area contributed by atoms with Crippen LogP contribution in [0.5, 0.6) is 5.75 Å². The summed E-state index contributed by atoms with van der Waals surface area (Å²) in [5.41, 5.74) is 0. The highest BCUT2D eigenvalue weighted by Crippen LogP contribution is 2.36. The Morgan fingerprint density at radius 3 is 2.41 bits per heavy atom. The molecule has 0 amide bonds. The molecule has 0 aliphatic carbocycles. The van der Waals surface area contributed by atoms with Crippen molar-refractivity contribution in [1.29, 1.82) is 0 Å². The van der Waals surface area contributed by atoms with Gasteiger partial charge < -0.3 is 9.47 Å². The largest absolute Gasteiger partial charge is 0.480 e. The third-order valence-corrected chi connectivity index (χ3v) is 3.30. The fraction of sp³-hybridized carbons (Fsp3) is 0.182. The van der Waals surface area contributed by atoms with Gasteiger partial charge in [-0.1, -0.05) is 28.6 Å². The molecular formula is C11H9Br3O3. The number of carbonyl (C=O) groups excluding carboxylic acids is 1. The summed E-state index contributed by atoms with van der Waals surface area (Å²) >= 11 is 10.0.